The molecular weight excluding hydrogens is 302 g/mol. The van der Waals surface area contributed by atoms with Crippen molar-refractivity contribution in [3.8, 4) is 0 Å². The second-order valence-corrected chi connectivity index (χ2v) is 7.43. The summed E-state index contributed by atoms with van der Waals surface area (Å²) in [5, 5.41) is 11.1. The van der Waals surface area contributed by atoms with Crippen molar-refractivity contribution in [2.45, 2.75) is 51.5 Å². The van der Waals surface area contributed by atoms with Gasteiger partial charge < -0.3 is 15.5 Å². The molecule has 24 heavy (non-hydrogen) atoms. The first-order chi connectivity index (χ1) is 11.6. The highest BCUT2D eigenvalue weighted by Crippen LogP contribution is 2.26. The van der Waals surface area contributed by atoms with E-state index in [1.807, 2.05) is 17.7 Å². The van der Waals surface area contributed by atoms with E-state index < -0.39 is 0 Å². The number of amides is 1. The SMILES string of the molecule is Cc1cc(NC(=O)CCC2CCNCC2)n(C2CCN(C)CC2)n1. The van der Waals surface area contributed by atoms with Crippen molar-refractivity contribution in [1.82, 2.24) is 20.0 Å². The number of nitrogens with one attached hydrogen (secondary N) is 2. The first-order valence-electron chi connectivity index (χ1n) is 9.37. The second kappa shape index (κ2) is 8.12. The molecule has 134 valence electrons. The second-order valence-electron chi connectivity index (χ2n) is 7.43. The van der Waals surface area contributed by atoms with Crippen molar-refractivity contribution in [1.29, 1.82) is 0 Å². The molecule has 6 heteroatoms. The summed E-state index contributed by atoms with van der Waals surface area (Å²) in [6.07, 6.45) is 6.18. The molecule has 2 fully saturated rings. The lowest BCUT2D eigenvalue weighted by atomic mass is 9.93. The molecule has 0 radical (unpaired) electrons. The van der Waals surface area contributed by atoms with Gasteiger partial charge in [-0.15, -0.1) is 0 Å². The van der Waals surface area contributed by atoms with Gasteiger partial charge in [0.05, 0.1) is 11.7 Å². The molecule has 0 aliphatic carbocycles. The molecule has 2 N–H and O–H groups in total. The van der Waals surface area contributed by atoms with E-state index in [9.17, 15) is 4.79 Å². The van der Waals surface area contributed by atoms with Gasteiger partial charge in [0.15, 0.2) is 0 Å². The fraction of sp³-hybridized carbons (Fsp3) is 0.778. The van der Waals surface area contributed by atoms with E-state index in [-0.39, 0.29) is 5.91 Å². The van der Waals surface area contributed by atoms with Gasteiger partial charge in [-0.2, -0.15) is 5.10 Å². The Morgan fingerprint density at radius 2 is 2.00 bits per heavy atom. The van der Waals surface area contributed by atoms with Crippen molar-refractivity contribution in [3.05, 3.63) is 11.8 Å². The van der Waals surface area contributed by atoms with Crippen LogP contribution < -0.4 is 10.6 Å². The third-order valence-electron chi connectivity index (χ3n) is 5.40. The number of hydrogen-bond acceptors (Lipinski definition) is 4. The number of piperidine rings is 2. The maximum Gasteiger partial charge on any atom is 0.225 e. The Labute approximate surface area is 145 Å². The minimum Gasteiger partial charge on any atom is -0.317 e. The van der Waals surface area contributed by atoms with Gasteiger partial charge >= 0.3 is 0 Å². The minimum atomic E-state index is 0.127. The van der Waals surface area contributed by atoms with Crippen molar-refractivity contribution < 1.29 is 4.79 Å². The van der Waals surface area contributed by atoms with Crippen LogP contribution in [0.1, 0.15) is 50.3 Å². The Morgan fingerprint density at radius 1 is 1.29 bits per heavy atom. The van der Waals surface area contributed by atoms with Crippen molar-refractivity contribution in [3.63, 3.8) is 0 Å². The Kier molecular flexibility index (Phi) is 5.89. The molecule has 6 nitrogen and oxygen atoms in total. The number of aromatic nitrogens is 2. The number of carbonyl (C=O) groups is 1. The standard InChI is InChI=1S/C18H31N5O/c1-14-13-17(23(21-14)16-7-11-22(2)12-8-16)20-18(24)4-3-15-5-9-19-10-6-15/h13,15-16,19H,3-12H2,1-2H3,(H,20,24). The molecule has 0 bridgehead atoms. The number of rotatable bonds is 5. The Bertz CT molecular complexity index is 542. The van der Waals surface area contributed by atoms with E-state index in [4.69, 9.17) is 0 Å². The predicted octanol–water partition coefficient (Wildman–Crippen LogP) is 2.18. The average molecular weight is 333 g/mol. The molecule has 0 atom stereocenters. The van der Waals surface area contributed by atoms with E-state index in [1.165, 1.54) is 12.8 Å². The van der Waals surface area contributed by atoms with Crippen LogP contribution in [0.4, 0.5) is 5.82 Å². The van der Waals surface area contributed by atoms with Crippen LogP contribution in [0.3, 0.4) is 0 Å². The highest BCUT2D eigenvalue weighted by molar-refractivity contribution is 5.89. The van der Waals surface area contributed by atoms with Crippen LogP contribution in [0.25, 0.3) is 0 Å². The van der Waals surface area contributed by atoms with Crippen molar-refractivity contribution in [2.75, 3.05) is 38.5 Å². The zero-order valence-corrected chi connectivity index (χ0v) is 15.1. The van der Waals surface area contributed by atoms with Gasteiger partial charge in [-0.1, -0.05) is 0 Å². The van der Waals surface area contributed by atoms with Crippen LogP contribution in [-0.2, 0) is 4.79 Å². The van der Waals surface area contributed by atoms with E-state index in [0.717, 1.165) is 57.0 Å². The van der Waals surface area contributed by atoms with Gasteiger partial charge in [0.1, 0.15) is 5.82 Å². The zero-order chi connectivity index (χ0) is 16.9. The number of aryl methyl sites for hydroxylation is 1. The highest BCUT2D eigenvalue weighted by atomic mass is 16.1. The largest absolute Gasteiger partial charge is 0.317 e. The number of likely N-dealkylation sites (tertiary alicyclic amines) is 1. The predicted molar refractivity (Wildman–Crippen MR) is 96.2 cm³/mol. The lowest BCUT2D eigenvalue weighted by Crippen LogP contribution is -2.32. The summed E-state index contributed by atoms with van der Waals surface area (Å²) in [5.41, 5.74) is 0.975. The first kappa shape index (κ1) is 17.4. The summed E-state index contributed by atoms with van der Waals surface area (Å²) in [4.78, 5) is 14.7. The van der Waals surface area contributed by atoms with Crippen LogP contribution in [0.5, 0.6) is 0 Å². The summed E-state index contributed by atoms with van der Waals surface area (Å²) in [6.45, 7) is 6.36. The maximum absolute atomic E-state index is 12.4. The Hall–Kier alpha value is -1.40. The van der Waals surface area contributed by atoms with Crippen LogP contribution in [0.2, 0.25) is 0 Å². The van der Waals surface area contributed by atoms with E-state index in [1.54, 1.807) is 0 Å². The van der Waals surface area contributed by atoms with Crippen LogP contribution in [0, 0.1) is 12.8 Å². The monoisotopic (exact) mass is 333 g/mol. The highest BCUT2D eigenvalue weighted by Gasteiger charge is 2.22. The molecule has 1 aromatic rings. The number of hydrogen-bond donors (Lipinski definition) is 2. The molecule has 2 saturated heterocycles. The van der Waals surface area contributed by atoms with Crippen molar-refractivity contribution >= 4 is 11.7 Å². The van der Waals surface area contributed by atoms with Gasteiger partial charge in [0.25, 0.3) is 0 Å². The molecule has 1 amide bonds. The lowest BCUT2D eigenvalue weighted by Gasteiger charge is -2.30. The fourth-order valence-corrected chi connectivity index (χ4v) is 3.84. The maximum atomic E-state index is 12.4. The normalized spacial score (nSPS) is 21.1. The van der Waals surface area contributed by atoms with Gasteiger partial charge in [0, 0.05) is 12.5 Å². The van der Waals surface area contributed by atoms with Gasteiger partial charge in [-0.3, -0.25) is 4.79 Å². The molecule has 2 aliphatic rings. The summed E-state index contributed by atoms with van der Waals surface area (Å²) in [5.74, 6) is 1.69. The summed E-state index contributed by atoms with van der Waals surface area (Å²) >= 11 is 0. The van der Waals surface area contributed by atoms with E-state index in [2.05, 4.69) is 27.7 Å². The van der Waals surface area contributed by atoms with E-state index in [0.29, 0.717) is 18.4 Å². The van der Waals surface area contributed by atoms with Crippen LogP contribution in [0.15, 0.2) is 6.07 Å². The lowest BCUT2D eigenvalue weighted by molar-refractivity contribution is -0.116. The van der Waals surface area contributed by atoms with Gasteiger partial charge in [0.2, 0.25) is 5.91 Å². The molecule has 0 unspecified atom stereocenters. The fourth-order valence-electron chi connectivity index (χ4n) is 3.84. The third-order valence-corrected chi connectivity index (χ3v) is 5.40. The molecule has 0 saturated carbocycles. The van der Waals surface area contributed by atoms with Gasteiger partial charge in [-0.05, 0) is 78.2 Å². The topological polar surface area (TPSA) is 62.2 Å². The van der Waals surface area contributed by atoms with E-state index >= 15 is 0 Å². The summed E-state index contributed by atoms with van der Waals surface area (Å²) in [6, 6.07) is 2.40. The summed E-state index contributed by atoms with van der Waals surface area (Å²) in [7, 11) is 2.16. The average Bonchev–Trinajstić information content (AvgIpc) is 2.95. The molecular formula is C18H31N5O. The Morgan fingerprint density at radius 3 is 2.71 bits per heavy atom. The molecule has 2 aliphatic heterocycles. The Balaban J connectivity index is 1.55. The smallest absolute Gasteiger partial charge is 0.225 e. The first-order valence-corrected chi connectivity index (χ1v) is 9.37. The number of anilines is 1. The van der Waals surface area contributed by atoms with Crippen LogP contribution >= 0.6 is 0 Å². The number of carbonyl (C=O) groups excluding carboxylic acids is 1. The summed E-state index contributed by atoms with van der Waals surface area (Å²) < 4.78 is 2.05. The molecule has 0 spiro atoms. The number of nitrogens with zero attached hydrogens (tertiary/aromatic N) is 3. The molecule has 3 heterocycles. The zero-order valence-electron chi connectivity index (χ0n) is 15.1. The minimum absolute atomic E-state index is 0.127. The molecule has 3 rings (SSSR count). The van der Waals surface area contributed by atoms with Crippen LogP contribution in [-0.4, -0.2) is 53.8 Å². The molecule has 1 aromatic heterocycles. The van der Waals surface area contributed by atoms with Gasteiger partial charge in [-0.25, -0.2) is 4.68 Å². The quantitative estimate of drug-likeness (QED) is 0.867. The molecule has 0 aromatic carbocycles. The third kappa shape index (κ3) is 4.57. The van der Waals surface area contributed by atoms with Crippen molar-refractivity contribution in [2.24, 2.45) is 5.92 Å².